The van der Waals surface area contributed by atoms with Gasteiger partial charge in [-0.15, -0.1) is 0 Å². The summed E-state index contributed by atoms with van der Waals surface area (Å²) in [5, 5.41) is 1.91. The lowest BCUT2D eigenvalue weighted by molar-refractivity contribution is 0.313. The van der Waals surface area contributed by atoms with Crippen molar-refractivity contribution in [2.75, 3.05) is 42.8 Å². The van der Waals surface area contributed by atoms with Gasteiger partial charge in [0, 0.05) is 36.3 Å². The molecule has 0 radical (unpaired) electrons. The number of nitrogens with zero attached hydrogens (tertiary/aromatic N) is 2. The predicted octanol–water partition coefficient (Wildman–Crippen LogP) is 4.15. The Bertz CT molecular complexity index is 1110. The van der Waals surface area contributed by atoms with E-state index in [2.05, 4.69) is 37.5 Å². The van der Waals surface area contributed by atoms with Gasteiger partial charge in [0.2, 0.25) is 0 Å². The number of piperazine rings is 1. The van der Waals surface area contributed by atoms with Crippen LogP contribution in [-0.2, 0) is 10.0 Å². The van der Waals surface area contributed by atoms with Gasteiger partial charge in [0.05, 0.1) is 10.6 Å². The number of sulfonamides is 1. The minimum Gasteiger partial charge on any atom is -0.369 e. The Morgan fingerprint density at radius 3 is 2.36 bits per heavy atom. The topological polar surface area (TPSA) is 52.6 Å². The molecule has 0 saturated carbocycles. The van der Waals surface area contributed by atoms with Crippen molar-refractivity contribution in [3.63, 3.8) is 0 Å². The largest absolute Gasteiger partial charge is 0.369 e. The van der Waals surface area contributed by atoms with Crippen LogP contribution in [-0.4, -0.2) is 46.5 Å². The lowest BCUT2D eigenvalue weighted by Crippen LogP contribution is -2.44. The van der Waals surface area contributed by atoms with Crippen LogP contribution in [0.2, 0.25) is 0 Å². The average Bonchev–Trinajstić information content (AvgIpc) is 2.70. The number of anilines is 2. The molecule has 0 spiro atoms. The summed E-state index contributed by atoms with van der Waals surface area (Å²) in [6, 6.07) is 18.7. The number of rotatable bonds is 4. The number of benzene rings is 3. The van der Waals surface area contributed by atoms with Crippen LogP contribution >= 0.6 is 15.9 Å². The van der Waals surface area contributed by atoms with E-state index in [9.17, 15) is 8.42 Å². The van der Waals surface area contributed by atoms with E-state index in [4.69, 9.17) is 0 Å². The second-order valence-electron chi connectivity index (χ2n) is 7.07. The molecular weight excluding hydrogens is 438 g/mol. The van der Waals surface area contributed by atoms with E-state index < -0.39 is 10.0 Å². The fourth-order valence-corrected chi connectivity index (χ4v) is 4.97. The molecule has 4 rings (SSSR count). The van der Waals surface area contributed by atoms with Crippen LogP contribution in [0, 0.1) is 0 Å². The molecule has 3 aromatic carbocycles. The van der Waals surface area contributed by atoms with Crippen LogP contribution in [0.25, 0.3) is 10.8 Å². The Hall–Kier alpha value is -2.09. The number of halogens is 1. The van der Waals surface area contributed by atoms with Crippen LogP contribution in [0.15, 0.2) is 70.0 Å². The van der Waals surface area contributed by atoms with Crippen molar-refractivity contribution in [3.05, 3.63) is 65.1 Å². The maximum Gasteiger partial charge on any atom is 0.261 e. The molecule has 3 aromatic rings. The molecule has 0 aromatic heterocycles. The van der Waals surface area contributed by atoms with Crippen LogP contribution in [0.4, 0.5) is 11.4 Å². The zero-order valence-corrected chi connectivity index (χ0v) is 18.0. The van der Waals surface area contributed by atoms with Crippen molar-refractivity contribution in [1.82, 2.24) is 4.90 Å². The summed E-state index contributed by atoms with van der Waals surface area (Å²) in [5.41, 5.74) is 1.57. The second-order valence-corrected chi connectivity index (χ2v) is 9.61. The van der Waals surface area contributed by atoms with E-state index in [1.165, 1.54) is 0 Å². The first-order valence-corrected chi connectivity index (χ1v) is 11.4. The van der Waals surface area contributed by atoms with E-state index in [0.29, 0.717) is 5.69 Å². The highest BCUT2D eigenvalue weighted by Gasteiger charge is 2.19. The molecule has 1 saturated heterocycles. The molecule has 146 valence electrons. The van der Waals surface area contributed by atoms with Crippen molar-refractivity contribution in [1.29, 1.82) is 0 Å². The van der Waals surface area contributed by atoms with Crippen LogP contribution in [0.1, 0.15) is 0 Å². The molecule has 0 atom stereocenters. The fourth-order valence-electron chi connectivity index (χ4n) is 3.39. The molecule has 1 aliphatic rings. The van der Waals surface area contributed by atoms with Crippen molar-refractivity contribution in [2.45, 2.75) is 4.90 Å². The summed E-state index contributed by atoms with van der Waals surface area (Å²) in [6.45, 7) is 3.84. The number of fused-ring (bicyclic) bond motifs is 1. The summed E-state index contributed by atoms with van der Waals surface area (Å²) < 4.78 is 29.4. The lowest BCUT2D eigenvalue weighted by atomic mass is 10.1. The summed E-state index contributed by atoms with van der Waals surface area (Å²) in [6.07, 6.45) is 0. The zero-order valence-electron chi connectivity index (χ0n) is 15.6. The van der Waals surface area contributed by atoms with Crippen LogP contribution in [0.3, 0.4) is 0 Å². The molecule has 0 bridgehead atoms. The summed E-state index contributed by atoms with van der Waals surface area (Å²) in [7, 11) is -1.58. The van der Waals surface area contributed by atoms with Gasteiger partial charge >= 0.3 is 0 Å². The van der Waals surface area contributed by atoms with Gasteiger partial charge in [0.15, 0.2) is 0 Å². The highest BCUT2D eigenvalue weighted by atomic mass is 79.9. The second kappa shape index (κ2) is 7.73. The van der Waals surface area contributed by atoms with E-state index in [1.54, 1.807) is 12.1 Å². The van der Waals surface area contributed by atoms with Crippen LogP contribution in [0.5, 0.6) is 0 Å². The molecule has 28 heavy (non-hydrogen) atoms. The van der Waals surface area contributed by atoms with Crippen LogP contribution < -0.4 is 9.62 Å². The van der Waals surface area contributed by atoms with Gasteiger partial charge in [0.1, 0.15) is 0 Å². The van der Waals surface area contributed by atoms with E-state index in [1.807, 2.05) is 48.5 Å². The number of hydrogen-bond acceptors (Lipinski definition) is 4. The van der Waals surface area contributed by atoms with Gasteiger partial charge in [0.25, 0.3) is 10.0 Å². The van der Waals surface area contributed by atoms with E-state index in [-0.39, 0.29) is 4.90 Å². The van der Waals surface area contributed by atoms with Gasteiger partial charge in [-0.1, -0.05) is 30.3 Å². The number of likely N-dealkylation sites (N-methyl/N-ethyl adjacent to an activating group) is 1. The quantitative estimate of drug-likeness (QED) is 0.636. The molecule has 7 heteroatoms. The molecule has 5 nitrogen and oxygen atoms in total. The smallest absolute Gasteiger partial charge is 0.261 e. The first-order chi connectivity index (χ1) is 13.4. The van der Waals surface area contributed by atoms with Crippen molar-refractivity contribution >= 4 is 48.1 Å². The third-order valence-corrected chi connectivity index (χ3v) is 7.15. The van der Waals surface area contributed by atoms with Gasteiger partial charge < -0.3 is 9.80 Å². The first-order valence-electron chi connectivity index (χ1n) is 9.17. The maximum atomic E-state index is 13.0. The molecule has 1 heterocycles. The van der Waals surface area contributed by atoms with Crippen molar-refractivity contribution in [2.24, 2.45) is 0 Å². The number of hydrogen-bond donors (Lipinski definition) is 1. The van der Waals surface area contributed by atoms with E-state index in [0.717, 1.165) is 47.1 Å². The third kappa shape index (κ3) is 4.01. The Labute approximate surface area is 174 Å². The molecule has 0 unspecified atom stereocenters. The van der Waals surface area contributed by atoms with Gasteiger partial charge in [-0.25, -0.2) is 8.42 Å². The Morgan fingerprint density at radius 1 is 0.893 bits per heavy atom. The summed E-state index contributed by atoms with van der Waals surface area (Å²) in [5.74, 6) is 0. The first kappa shape index (κ1) is 19.2. The summed E-state index contributed by atoms with van der Waals surface area (Å²) in [4.78, 5) is 4.82. The SMILES string of the molecule is CN1CCN(c2ccc(Br)c(NS(=O)(=O)c3ccc4ccccc4c3)c2)CC1. The lowest BCUT2D eigenvalue weighted by Gasteiger charge is -2.34. The highest BCUT2D eigenvalue weighted by molar-refractivity contribution is 9.10. The monoisotopic (exact) mass is 459 g/mol. The van der Waals surface area contributed by atoms with Gasteiger partial charge in [-0.2, -0.15) is 0 Å². The van der Waals surface area contributed by atoms with Crippen molar-refractivity contribution < 1.29 is 8.42 Å². The Morgan fingerprint density at radius 2 is 1.61 bits per heavy atom. The summed E-state index contributed by atoms with van der Waals surface area (Å²) >= 11 is 3.48. The highest BCUT2D eigenvalue weighted by Crippen LogP contribution is 2.31. The Kier molecular flexibility index (Phi) is 5.31. The normalized spacial score (nSPS) is 15.7. The van der Waals surface area contributed by atoms with Gasteiger partial charge in [-0.05, 0) is 64.1 Å². The molecule has 0 amide bonds. The fraction of sp³-hybridized carbons (Fsp3) is 0.238. The minimum atomic E-state index is -3.69. The minimum absolute atomic E-state index is 0.253. The van der Waals surface area contributed by atoms with E-state index >= 15 is 0 Å². The van der Waals surface area contributed by atoms with Gasteiger partial charge in [-0.3, -0.25) is 4.72 Å². The molecule has 1 aliphatic heterocycles. The predicted molar refractivity (Wildman–Crippen MR) is 119 cm³/mol. The van der Waals surface area contributed by atoms with Crippen molar-refractivity contribution in [3.8, 4) is 0 Å². The molecule has 0 aliphatic carbocycles. The Balaban J connectivity index is 1.62. The molecule has 1 fully saturated rings. The molecule has 1 N–H and O–H groups in total. The average molecular weight is 460 g/mol. The maximum absolute atomic E-state index is 13.0. The zero-order chi connectivity index (χ0) is 19.7. The third-order valence-electron chi connectivity index (χ3n) is 5.09. The number of nitrogens with one attached hydrogen (secondary N) is 1. The molecular formula is C21H22BrN3O2S. The standard InChI is InChI=1S/C21H22BrN3O2S/c1-24-10-12-25(13-11-24)18-7-9-20(22)21(15-18)23-28(26,27)19-8-6-16-4-2-3-5-17(16)14-19/h2-9,14-15,23H,10-13H2,1H3.